The molecule has 5 heteroatoms. The van der Waals surface area contributed by atoms with Crippen molar-refractivity contribution in [3.63, 3.8) is 0 Å². The Labute approximate surface area is 126 Å². The van der Waals surface area contributed by atoms with Gasteiger partial charge < -0.3 is 15.3 Å². The van der Waals surface area contributed by atoms with Gasteiger partial charge in [-0.05, 0) is 50.4 Å². The number of rotatable bonds is 3. The van der Waals surface area contributed by atoms with Crippen LogP contribution in [0.5, 0.6) is 0 Å². The van der Waals surface area contributed by atoms with Gasteiger partial charge in [-0.3, -0.25) is 0 Å². The summed E-state index contributed by atoms with van der Waals surface area (Å²) in [6.07, 6.45) is 7.96. The van der Waals surface area contributed by atoms with Crippen LogP contribution >= 0.6 is 0 Å². The lowest BCUT2D eigenvalue weighted by molar-refractivity contribution is -0.142. The largest absolute Gasteiger partial charge is 0.480 e. The molecule has 2 aliphatic carbocycles. The van der Waals surface area contributed by atoms with Crippen LogP contribution in [-0.4, -0.2) is 40.6 Å². The Kier molecular flexibility index (Phi) is 4.09. The lowest BCUT2D eigenvalue weighted by Crippen LogP contribution is -2.51. The summed E-state index contributed by atoms with van der Waals surface area (Å²) >= 11 is 0. The van der Waals surface area contributed by atoms with Gasteiger partial charge in [-0.25, -0.2) is 9.59 Å². The Bertz CT molecular complexity index is 420. The van der Waals surface area contributed by atoms with Gasteiger partial charge >= 0.3 is 12.0 Å². The van der Waals surface area contributed by atoms with Crippen molar-refractivity contribution in [2.24, 2.45) is 17.8 Å². The Morgan fingerprint density at radius 3 is 2.52 bits per heavy atom. The molecule has 5 nitrogen and oxygen atoms in total. The fraction of sp³-hybridized carbons (Fsp3) is 0.875. The zero-order valence-corrected chi connectivity index (χ0v) is 12.8. The number of carbonyl (C=O) groups excluding carboxylic acids is 1. The smallest absolute Gasteiger partial charge is 0.326 e. The third-order valence-corrected chi connectivity index (χ3v) is 5.86. The molecule has 2 N–H and O–H groups in total. The lowest BCUT2D eigenvalue weighted by Gasteiger charge is -2.28. The molecule has 3 fully saturated rings. The maximum atomic E-state index is 12.5. The third-order valence-electron chi connectivity index (χ3n) is 5.86. The second kappa shape index (κ2) is 5.85. The van der Waals surface area contributed by atoms with Crippen LogP contribution in [0.15, 0.2) is 0 Å². The third kappa shape index (κ3) is 2.74. The van der Waals surface area contributed by atoms with Crippen LogP contribution in [0.1, 0.15) is 51.9 Å². The van der Waals surface area contributed by atoms with Crippen molar-refractivity contribution < 1.29 is 14.7 Å². The predicted octanol–water partition coefficient (Wildman–Crippen LogP) is 2.46. The van der Waals surface area contributed by atoms with E-state index in [-0.39, 0.29) is 18.0 Å². The number of urea groups is 1. The van der Waals surface area contributed by atoms with Crippen LogP contribution in [0.2, 0.25) is 0 Å². The van der Waals surface area contributed by atoms with E-state index in [9.17, 15) is 14.7 Å². The SMILES string of the molecule is CC(NC(=O)N1CC2CCCC2C1C(=O)O)C1CCCC1. The summed E-state index contributed by atoms with van der Waals surface area (Å²) < 4.78 is 0. The number of nitrogens with one attached hydrogen (secondary N) is 1. The highest BCUT2D eigenvalue weighted by Gasteiger charge is 2.49. The van der Waals surface area contributed by atoms with Crippen molar-refractivity contribution in [3.8, 4) is 0 Å². The van der Waals surface area contributed by atoms with E-state index in [0.717, 1.165) is 19.3 Å². The van der Waals surface area contributed by atoms with Crippen LogP contribution < -0.4 is 5.32 Å². The summed E-state index contributed by atoms with van der Waals surface area (Å²) in [4.78, 5) is 25.7. The van der Waals surface area contributed by atoms with E-state index in [1.807, 2.05) is 0 Å². The van der Waals surface area contributed by atoms with Gasteiger partial charge in [0.25, 0.3) is 0 Å². The number of aliphatic carboxylic acids is 1. The molecule has 2 saturated carbocycles. The van der Waals surface area contributed by atoms with Gasteiger partial charge in [-0.2, -0.15) is 0 Å². The minimum Gasteiger partial charge on any atom is -0.480 e. The number of carboxylic acids is 1. The highest BCUT2D eigenvalue weighted by Crippen LogP contribution is 2.42. The summed E-state index contributed by atoms with van der Waals surface area (Å²) in [5.41, 5.74) is 0. The van der Waals surface area contributed by atoms with Crippen LogP contribution in [0.3, 0.4) is 0 Å². The number of carboxylic acid groups (broad SMARTS) is 1. The van der Waals surface area contributed by atoms with E-state index in [2.05, 4.69) is 12.2 Å². The average molecular weight is 294 g/mol. The predicted molar refractivity (Wildman–Crippen MR) is 78.9 cm³/mol. The molecule has 1 heterocycles. The first-order valence-corrected chi connectivity index (χ1v) is 8.38. The molecule has 0 bridgehead atoms. The second-order valence-corrected chi connectivity index (χ2v) is 7.07. The van der Waals surface area contributed by atoms with Crippen LogP contribution in [0.4, 0.5) is 4.79 Å². The Hall–Kier alpha value is -1.26. The van der Waals surface area contributed by atoms with Gasteiger partial charge in [-0.1, -0.05) is 19.3 Å². The molecule has 0 aromatic carbocycles. The molecule has 118 valence electrons. The summed E-state index contributed by atoms with van der Waals surface area (Å²) in [6, 6.07) is -0.639. The van der Waals surface area contributed by atoms with Crippen molar-refractivity contribution in [2.75, 3.05) is 6.54 Å². The van der Waals surface area contributed by atoms with E-state index in [4.69, 9.17) is 0 Å². The van der Waals surface area contributed by atoms with Gasteiger partial charge in [0.05, 0.1) is 0 Å². The van der Waals surface area contributed by atoms with Crippen molar-refractivity contribution >= 4 is 12.0 Å². The number of fused-ring (bicyclic) bond motifs is 1. The molecule has 0 radical (unpaired) electrons. The van der Waals surface area contributed by atoms with Gasteiger partial charge in [0, 0.05) is 12.6 Å². The molecule has 21 heavy (non-hydrogen) atoms. The zero-order chi connectivity index (χ0) is 15.0. The van der Waals surface area contributed by atoms with Crippen LogP contribution in [0, 0.1) is 17.8 Å². The zero-order valence-electron chi connectivity index (χ0n) is 12.8. The van der Waals surface area contributed by atoms with E-state index < -0.39 is 12.0 Å². The molecule has 0 spiro atoms. The van der Waals surface area contributed by atoms with E-state index in [1.54, 1.807) is 4.90 Å². The molecule has 0 aromatic heterocycles. The molecule has 3 aliphatic rings. The molecule has 0 aromatic rings. The number of nitrogens with zero attached hydrogens (tertiary/aromatic N) is 1. The standard InChI is InChI=1S/C16H26N2O3/c1-10(11-5-2-3-6-11)17-16(21)18-9-12-7-4-8-13(12)14(18)15(19)20/h10-14H,2-9H2,1H3,(H,17,21)(H,19,20). The van der Waals surface area contributed by atoms with Gasteiger partial charge in [0.2, 0.25) is 0 Å². The second-order valence-electron chi connectivity index (χ2n) is 7.07. The van der Waals surface area contributed by atoms with Crippen molar-refractivity contribution in [2.45, 2.75) is 64.0 Å². The minimum atomic E-state index is -0.840. The quantitative estimate of drug-likeness (QED) is 0.840. The van der Waals surface area contributed by atoms with Gasteiger partial charge in [0.1, 0.15) is 6.04 Å². The molecular formula is C16H26N2O3. The summed E-state index contributed by atoms with van der Waals surface area (Å²) in [6.45, 7) is 2.67. The summed E-state index contributed by atoms with van der Waals surface area (Å²) in [5.74, 6) is 0.265. The number of hydrogen-bond donors (Lipinski definition) is 2. The van der Waals surface area contributed by atoms with Crippen LogP contribution in [0.25, 0.3) is 0 Å². The van der Waals surface area contributed by atoms with E-state index >= 15 is 0 Å². The maximum Gasteiger partial charge on any atom is 0.326 e. The van der Waals surface area contributed by atoms with Gasteiger partial charge in [-0.15, -0.1) is 0 Å². The summed E-state index contributed by atoms with van der Waals surface area (Å²) in [5, 5.41) is 12.6. The topological polar surface area (TPSA) is 69.6 Å². The first kappa shape index (κ1) is 14.7. The highest BCUT2D eigenvalue weighted by atomic mass is 16.4. The lowest BCUT2D eigenvalue weighted by atomic mass is 9.94. The van der Waals surface area contributed by atoms with Crippen molar-refractivity contribution in [1.82, 2.24) is 10.2 Å². The summed E-state index contributed by atoms with van der Waals surface area (Å²) in [7, 11) is 0. The maximum absolute atomic E-state index is 12.5. The van der Waals surface area contributed by atoms with E-state index in [0.29, 0.717) is 18.4 Å². The number of amides is 2. The fourth-order valence-corrected chi connectivity index (χ4v) is 4.68. The Balaban J connectivity index is 1.64. The number of hydrogen-bond acceptors (Lipinski definition) is 2. The highest BCUT2D eigenvalue weighted by molar-refractivity contribution is 5.84. The molecule has 4 atom stereocenters. The normalized spacial score (nSPS) is 34.0. The molecular weight excluding hydrogens is 268 g/mol. The van der Waals surface area contributed by atoms with Crippen molar-refractivity contribution in [1.29, 1.82) is 0 Å². The van der Waals surface area contributed by atoms with Crippen LogP contribution in [-0.2, 0) is 4.79 Å². The average Bonchev–Trinajstić information content (AvgIpc) is 3.14. The molecule has 2 amide bonds. The molecule has 1 saturated heterocycles. The van der Waals surface area contributed by atoms with Gasteiger partial charge in [0.15, 0.2) is 0 Å². The number of carbonyl (C=O) groups is 2. The first-order valence-electron chi connectivity index (χ1n) is 8.38. The molecule has 3 rings (SSSR count). The fourth-order valence-electron chi connectivity index (χ4n) is 4.68. The Morgan fingerprint density at radius 1 is 1.14 bits per heavy atom. The first-order chi connectivity index (χ1) is 10.1. The van der Waals surface area contributed by atoms with Crippen molar-refractivity contribution in [3.05, 3.63) is 0 Å². The Morgan fingerprint density at radius 2 is 1.86 bits per heavy atom. The number of likely N-dealkylation sites (tertiary alicyclic amines) is 1. The van der Waals surface area contributed by atoms with E-state index in [1.165, 1.54) is 25.7 Å². The monoisotopic (exact) mass is 294 g/mol. The molecule has 4 unspecified atom stereocenters. The minimum absolute atomic E-state index is 0.148. The molecule has 1 aliphatic heterocycles.